The first-order chi connectivity index (χ1) is 6.71. The summed E-state index contributed by atoms with van der Waals surface area (Å²) in [6.45, 7) is 5.54. The summed E-state index contributed by atoms with van der Waals surface area (Å²) < 4.78 is 0. The molecule has 0 fully saturated rings. The van der Waals surface area contributed by atoms with Gasteiger partial charge in [-0.15, -0.1) is 0 Å². The molecule has 0 bridgehead atoms. The summed E-state index contributed by atoms with van der Waals surface area (Å²) in [5.41, 5.74) is 7.48. The molecule has 0 aromatic carbocycles. The van der Waals surface area contributed by atoms with Gasteiger partial charge in [0.25, 0.3) is 0 Å². The van der Waals surface area contributed by atoms with Crippen LogP contribution >= 0.6 is 0 Å². The van der Waals surface area contributed by atoms with Gasteiger partial charge in [0, 0.05) is 11.3 Å². The molecule has 0 aliphatic heterocycles. The summed E-state index contributed by atoms with van der Waals surface area (Å²) in [5.74, 6) is 0.209. The third-order valence-corrected chi connectivity index (χ3v) is 1.81. The minimum atomic E-state index is 0.209. The zero-order valence-electron chi connectivity index (χ0n) is 8.07. The van der Waals surface area contributed by atoms with Gasteiger partial charge >= 0.3 is 0 Å². The second-order valence-corrected chi connectivity index (χ2v) is 2.74. The molecule has 3 N–H and O–H groups in total. The Morgan fingerprint density at radius 3 is 2.86 bits per heavy atom. The topological polar surface area (TPSA) is 72.0 Å². The number of aryl methyl sites for hydroxylation is 1. The molecular formula is C10H13N3O. The maximum atomic E-state index is 8.90. The van der Waals surface area contributed by atoms with Crippen LogP contribution in [0.4, 0.5) is 5.95 Å². The Labute approximate surface area is 82.8 Å². The standard InChI is InChI=1S/C10H13N3O/c1-3-7(6-14)9-5-8(4-2)12-10(11)13-9/h3,5-6,14H,1,4H2,2H3,(H2,11,12,13)/b7-6+. The molecule has 0 atom stereocenters. The fraction of sp³-hybridized carbons (Fsp3) is 0.200. The van der Waals surface area contributed by atoms with Crippen molar-refractivity contribution in [2.45, 2.75) is 13.3 Å². The second-order valence-electron chi connectivity index (χ2n) is 2.74. The van der Waals surface area contributed by atoms with Crippen molar-refractivity contribution in [2.24, 2.45) is 0 Å². The van der Waals surface area contributed by atoms with E-state index in [0.29, 0.717) is 11.3 Å². The Morgan fingerprint density at radius 1 is 1.64 bits per heavy atom. The Kier molecular flexibility index (Phi) is 3.23. The molecule has 1 rings (SSSR count). The fourth-order valence-corrected chi connectivity index (χ4v) is 1.07. The maximum absolute atomic E-state index is 8.90. The molecule has 1 aromatic heterocycles. The molecule has 0 saturated heterocycles. The van der Waals surface area contributed by atoms with Gasteiger partial charge in [0.1, 0.15) is 0 Å². The molecular weight excluding hydrogens is 178 g/mol. The summed E-state index contributed by atoms with van der Waals surface area (Å²) in [6, 6.07) is 1.78. The highest BCUT2D eigenvalue weighted by atomic mass is 16.2. The van der Waals surface area contributed by atoms with E-state index in [1.54, 1.807) is 6.07 Å². The normalized spacial score (nSPS) is 11.4. The van der Waals surface area contributed by atoms with E-state index in [1.165, 1.54) is 6.08 Å². The van der Waals surface area contributed by atoms with E-state index in [0.717, 1.165) is 18.4 Å². The SMILES string of the molecule is C=C/C(=C\O)c1cc(CC)nc(N)n1. The van der Waals surface area contributed by atoms with Gasteiger partial charge in [-0.3, -0.25) is 0 Å². The van der Waals surface area contributed by atoms with E-state index in [2.05, 4.69) is 16.5 Å². The number of aromatic nitrogens is 2. The lowest BCUT2D eigenvalue weighted by molar-refractivity contribution is 0.476. The zero-order chi connectivity index (χ0) is 10.6. The van der Waals surface area contributed by atoms with E-state index in [1.807, 2.05) is 6.92 Å². The number of rotatable bonds is 3. The van der Waals surface area contributed by atoms with Crippen LogP contribution in [-0.4, -0.2) is 15.1 Å². The van der Waals surface area contributed by atoms with Crippen molar-refractivity contribution in [1.29, 1.82) is 0 Å². The predicted molar refractivity (Wildman–Crippen MR) is 56.6 cm³/mol. The van der Waals surface area contributed by atoms with Gasteiger partial charge in [-0.25, -0.2) is 9.97 Å². The average molecular weight is 191 g/mol. The molecule has 4 nitrogen and oxygen atoms in total. The lowest BCUT2D eigenvalue weighted by Gasteiger charge is -2.03. The number of allylic oxidation sites excluding steroid dienone is 2. The zero-order valence-corrected chi connectivity index (χ0v) is 8.07. The molecule has 0 unspecified atom stereocenters. The van der Waals surface area contributed by atoms with E-state index in [-0.39, 0.29) is 5.95 Å². The summed E-state index contributed by atoms with van der Waals surface area (Å²) in [6.07, 6.45) is 3.24. The molecule has 0 aliphatic rings. The van der Waals surface area contributed by atoms with Gasteiger partial charge < -0.3 is 10.8 Å². The van der Waals surface area contributed by atoms with E-state index in [9.17, 15) is 0 Å². The molecule has 0 aliphatic carbocycles. The molecule has 4 heteroatoms. The number of nitrogens with zero attached hydrogens (tertiary/aromatic N) is 2. The van der Waals surface area contributed by atoms with Crippen molar-refractivity contribution < 1.29 is 5.11 Å². The van der Waals surface area contributed by atoms with Gasteiger partial charge in [-0.1, -0.05) is 19.6 Å². The van der Waals surface area contributed by atoms with Crippen molar-refractivity contribution in [1.82, 2.24) is 9.97 Å². The Morgan fingerprint density at radius 2 is 2.36 bits per heavy atom. The molecule has 74 valence electrons. The minimum absolute atomic E-state index is 0.209. The predicted octanol–water partition coefficient (Wildman–Crippen LogP) is 1.71. The number of aliphatic hydroxyl groups is 1. The lowest BCUT2D eigenvalue weighted by atomic mass is 10.1. The van der Waals surface area contributed by atoms with Gasteiger partial charge in [0.15, 0.2) is 0 Å². The second kappa shape index (κ2) is 4.41. The van der Waals surface area contributed by atoms with E-state index >= 15 is 0 Å². The van der Waals surface area contributed by atoms with Crippen LogP contribution in [0.2, 0.25) is 0 Å². The third kappa shape index (κ3) is 2.10. The van der Waals surface area contributed by atoms with Crippen LogP contribution < -0.4 is 5.73 Å². The molecule has 0 spiro atoms. The first-order valence-corrected chi connectivity index (χ1v) is 4.31. The first kappa shape index (κ1) is 10.2. The van der Waals surface area contributed by atoms with Crippen molar-refractivity contribution in [3.63, 3.8) is 0 Å². The van der Waals surface area contributed by atoms with Crippen molar-refractivity contribution in [3.8, 4) is 0 Å². The van der Waals surface area contributed by atoms with Crippen LogP contribution in [0.15, 0.2) is 25.0 Å². The van der Waals surface area contributed by atoms with E-state index in [4.69, 9.17) is 10.8 Å². The van der Waals surface area contributed by atoms with Crippen LogP contribution in [0.25, 0.3) is 5.57 Å². The number of hydrogen-bond acceptors (Lipinski definition) is 4. The number of anilines is 1. The minimum Gasteiger partial charge on any atom is -0.515 e. The maximum Gasteiger partial charge on any atom is 0.220 e. The number of nitrogen functional groups attached to an aromatic ring is 1. The van der Waals surface area contributed by atoms with E-state index < -0.39 is 0 Å². The van der Waals surface area contributed by atoms with Crippen molar-refractivity contribution >= 4 is 11.5 Å². The molecule has 1 heterocycles. The van der Waals surface area contributed by atoms with Crippen LogP contribution in [0.1, 0.15) is 18.3 Å². The Balaban J connectivity index is 3.21. The van der Waals surface area contributed by atoms with Gasteiger partial charge in [0.05, 0.1) is 12.0 Å². The Bertz CT molecular complexity index is 372. The highest BCUT2D eigenvalue weighted by Gasteiger charge is 2.03. The lowest BCUT2D eigenvalue weighted by Crippen LogP contribution is -2.01. The fourth-order valence-electron chi connectivity index (χ4n) is 1.07. The monoisotopic (exact) mass is 191 g/mol. The first-order valence-electron chi connectivity index (χ1n) is 4.31. The van der Waals surface area contributed by atoms with Crippen molar-refractivity contribution in [3.05, 3.63) is 36.4 Å². The van der Waals surface area contributed by atoms with Crippen molar-refractivity contribution in [2.75, 3.05) is 5.73 Å². The number of aliphatic hydroxyl groups excluding tert-OH is 1. The quantitative estimate of drug-likeness (QED) is 0.563. The average Bonchev–Trinajstić information content (AvgIpc) is 2.19. The van der Waals surface area contributed by atoms with Gasteiger partial charge in [-0.05, 0) is 12.5 Å². The summed E-state index contributed by atoms with van der Waals surface area (Å²) in [4.78, 5) is 8.02. The smallest absolute Gasteiger partial charge is 0.220 e. The van der Waals surface area contributed by atoms with Crippen LogP contribution in [0, 0.1) is 0 Å². The van der Waals surface area contributed by atoms with Crippen LogP contribution in [0.3, 0.4) is 0 Å². The summed E-state index contributed by atoms with van der Waals surface area (Å²) in [5, 5.41) is 8.90. The van der Waals surface area contributed by atoms with Gasteiger partial charge in [0.2, 0.25) is 5.95 Å². The van der Waals surface area contributed by atoms with Gasteiger partial charge in [-0.2, -0.15) is 0 Å². The molecule has 0 radical (unpaired) electrons. The molecule has 1 aromatic rings. The summed E-state index contributed by atoms with van der Waals surface area (Å²) >= 11 is 0. The highest BCUT2D eigenvalue weighted by molar-refractivity contribution is 5.70. The third-order valence-electron chi connectivity index (χ3n) is 1.81. The van der Waals surface area contributed by atoms with Crippen LogP contribution in [0.5, 0.6) is 0 Å². The molecule has 0 saturated carbocycles. The van der Waals surface area contributed by atoms with Crippen LogP contribution in [-0.2, 0) is 6.42 Å². The Hall–Kier alpha value is -1.84. The molecule has 0 amide bonds. The summed E-state index contributed by atoms with van der Waals surface area (Å²) in [7, 11) is 0. The number of nitrogens with two attached hydrogens (primary N) is 1. The molecule has 14 heavy (non-hydrogen) atoms. The highest BCUT2D eigenvalue weighted by Crippen LogP contribution is 2.14. The largest absolute Gasteiger partial charge is 0.515 e. The number of hydrogen-bond donors (Lipinski definition) is 2.